The van der Waals surface area contributed by atoms with Crippen molar-refractivity contribution in [3.8, 4) is 0 Å². The van der Waals surface area contributed by atoms with Crippen LogP contribution in [-0.2, 0) is 9.47 Å². The molecule has 2 saturated heterocycles. The van der Waals surface area contributed by atoms with Gasteiger partial charge in [0.05, 0.1) is 13.2 Å². The summed E-state index contributed by atoms with van der Waals surface area (Å²) in [6, 6.07) is 7.51. The van der Waals surface area contributed by atoms with Crippen molar-refractivity contribution in [2.75, 3.05) is 31.6 Å². The second kappa shape index (κ2) is 6.97. The van der Waals surface area contributed by atoms with Crippen LogP contribution in [0.1, 0.15) is 23.3 Å². The number of carbonyl (C=O) groups excluding carboxylic acids is 1. The Kier molecular flexibility index (Phi) is 4.52. The highest BCUT2D eigenvalue weighted by molar-refractivity contribution is 5.93. The highest BCUT2D eigenvalue weighted by Gasteiger charge is 2.41. The maximum absolute atomic E-state index is 13.0. The van der Waals surface area contributed by atoms with Gasteiger partial charge in [0.1, 0.15) is 23.7 Å². The monoisotopic (exact) mass is 358 g/mol. The number of ether oxygens (including phenoxy) is 2. The summed E-state index contributed by atoms with van der Waals surface area (Å²) in [5, 5.41) is 3.04. The Morgan fingerprint density at radius 3 is 2.50 bits per heavy atom. The van der Waals surface area contributed by atoms with Gasteiger partial charge in [0, 0.05) is 37.7 Å². The number of hydrogen-bond acceptors (Lipinski definition) is 6. The SMILES string of the molecule is O=C(c1cc(Nc2ccc(F)cc2)ncn1)N1CCC2(CC1)OCCO2. The number of carbonyl (C=O) groups is 1. The van der Waals surface area contributed by atoms with Crippen molar-refractivity contribution >= 4 is 17.4 Å². The molecule has 1 spiro atoms. The van der Waals surface area contributed by atoms with Crippen LogP contribution in [0.2, 0.25) is 0 Å². The Labute approximate surface area is 150 Å². The summed E-state index contributed by atoms with van der Waals surface area (Å²) in [5.41, 5.74) is 0.993. The van der Waals surface area contributed by atoms with Gasteiger partial charge in [-0.05, 0) is 24.3 Å². The molecule has 1 N–H and O–H groups in total. The minimum Gasteiger partial charge on any atom is -0.347 e. The van der Waals surface area contributed by atoms with E-state index in [1.54, 1.807) is 23.1 Å². The first kappa shape index (κ1) is 16.9. The molecule has 136 valence electrons. The van der Waals surface area contributed by atoms with Crippen molar-refractivity contribution in [2.24, 2.45) is 0 Å². The van der Waals surface area contributed by atoms with Crippen molar-refractivity contribution in [3.63, 3.8) is 0 Å². The van der Waals surface area contributed by atoms with Crippen molar-refractivity contribution in [2.45, 2.75) is 18.6 Å². The van der Waals surface area contributed by atoms with Gasteiger partial charge in [-0.3, -0.25) is 4.79 Å². The first-order valence-electron chi connectivity index (χ1n) is 8.55. The van der Waals surface area contributed by atoms with Crippen molar-refractivity contribution < 1.29 is 18.7 Å². The van der Waals surface area contributed by atoms with E-state index in [1.165, 1.54) is 18.5 Å². The molecule has 3 heterocycles. The lowest BCUT2D eigenvalue weighted by Crippen LogP contribution is -2.47. The molecule has 2 aliphatic rings. The van der Waals surface area contributed by atoms with E-state index in [9.17, 15) is 9.18 Å². The third-order valence-electron chi connectivity index (χ3n) is 4.63. The van der Waals surface area contributed by atoms with Crippen LogP contribution in [0.5, 0.6) is 0 Å². The number of nitrogens with one attached hydrogen (secondary N) is 1. The fraction of sp³-hybridized carbons (Fsp3) is 0.389. The Morgan fingerprint density at radius 1 is 1.12 bits per heavy atom. The number of likely N-dealkylation sites (tertiary alicyclic amines) is 1. The van der Waals surface area contributed by atoms with Crippen LogP contribution in [0.25, 0.3) is 0 Å². The third-order valence-corrected chi connectivity index (χ3v) is 4.63. The molecule has 26 heavy (non-hydrogen) atoms. The Hall–Kier alpha value is -2.58. The van der Waals surface area contributed by atoms with E-state index in [4.69, 9.17) is 9.47 Å². The summed E-state index contributed by atoms with van der Waals surface area (Å²) >= 11 is 0. The average Bonchev–Trinajstić information content (AvgIpc) is 3.12. The Morgan fingerprint density at radius 2 is 1.81 bits per heavy atom. The predicted molar refractivity (Wildman–Crippen MR) is 91.5 cm³/mol. The second-order valence-corrected chi connectivity index (χ2v) is 6.32. The van der Waals surface area contributed by atoms with Gasteiger partial charge < -0.3 is 19.7 Å². The number of halogens is 1. The van der Waals surface area contributed by atoms with Crippen LogP contribution in [0.15, 0.2) is 36.7 Å². The minimum atomic E-state index is -0.516. The molecule has 0 atom stereocenters. The van der Waals surface area contributed by atoms with Crippen molar-refractivity contribution in [3.05, 3.63) is 48.2 Å². The molecule has 8 heteroatoms. The summed E-state index contributed by atoms with van der Waals surface area (Å²) < 4.78 is 24.4. The van der Waals surface area contributed by atoms with Crippen LogP contribution in [0, 0.1) is 5.82 Å². The van der Waals surface area contributed by atoms with Crippen LogP contribution < -0.4 is 5.32 Å². The summed E-state index contributed by atoms with van der Waals surface area (Å²) in [7, 11) is 0. The highest BCUT2D eigenvalue weighted by Crippen LogP contribution is 2.31. The van der Waals surface area contributed by atoms with Crippen LogP contribution in [-0.4, -0.2) is 52.9 Å². The number of anilines is 2. The number of hydrogen-bond donors (Lipinski definition) is 1. The molecule has 2 aliphatic heterocycles. The molecular weight excluding hydrogens is 339 g/mol. The van der Waals surface area contributed by atoms with E-state index in [0.29, 0.717) is 56.3 Å². The van der Waals surface area contributed by atoms with E-state index in [1.807, 2.05) is 0 Å². The second-order valence-electron chi connectivity index (χ2n) is 6.32. The molecule has 0 aliphatic carbocycles. The summed E-state index contributed by atoms with van der Waals surface area (Å²) in [5.74, 6) is -0.502. The van der Waals surface area contributed by atoms with Gasteiger partial charge in [-0.15, -0.1) is 0 Å². The number of rotatable bonds is 3. The number of aromatic nitrogens is 2. The molecular formula is C18H19FN4O3. The van der Waals surface area contributed by atoms with Gasteiger partial charge in [0.2, 0.25) is 0 Å². The van der Waals surface area contributed by atoms with Gasteiger partial charge in [-0.25, -0.2) is 14.4 Å². The smallest absolute Gasteiger partial charge is 0.272 e. The molecule has 2 fully saturated rings. The maximum atomic E-state index is 13.0. The molecule has 0 bridgehead atoms. The van der Waals surface area contributed by atoms with Gasteiger partial charge in [0.25, 0.3) is 5.91 Å². The van der Waals surface area contributed by atoms with Crippen LogP contribution >= 0.6 is 0 Å². The van der Waals surface area contributed by atoms with Crippen LogP contribution in [0.4, 0.5) is 15.9 Å². The standard InChI is InChI=1S/C18H19FN4O3/c19-13-1-3-14(4-2-13)22-16-11-15(20-12-21-16)17(24)23-7-5-18(6-8-23)25-9-10-26-18/h1-4,11-12H,5-10H2,(H,20,21,22). The third kappa shape index (κ3) is 3.51. The molecule has 1 aromatic heterocycles. The molecule has 0 saturated carbocycles. The molecule has 1 aromatic carbocycles. The number of benzene rings is 1. The largest absolute Gasteiger partial charge is 0.347 e. The van der Waals surface area contributed by atoms with E-state index >= 15 is 0 Å². The summed E-state index contributed by atoms with van der Waals surface area (Å²) in [4.78, 5) is 22.7. The fourth-order valence-electron chi connectivity index (χ4n) is 3.22. The zero-order chi connectivity index (χ0) is 18.0. The van der Waals surface area contributed by atoms with Gasteiger partial charge in [-0.1, -0.05) is 0 Å². The normalized spacial score (nSPS) is 18.9. The molecule has 1 amide bonds. The highest BCUT2D eigenvalue weighted by atomic mass is 19.1. The number of nitrogens with zero attached hydrogens (tertiary/aromatic N) is 3. The van der Waals surface area contributed by atoms with Gasteiger partial charge in [-0.2, -0.15) is 0 Å². The first-order valence-corrected chi connectivity index (χ1v) is 8.55. The fourth-order valence-corrected chi connectivity index (χ4v) is 3.22. The summed E-state index contributed by atoms with van der Waals surface area (Å²) in [6.07, 6.45) is 2.66. The zero-order valence-corrected chi connectivity index (χ0v) is 14.2. The van der Waals surface area contributed by atoms with Crippen molar-refractivity contribution in [1.29, 1.82) is 0 Å². The molecule has 0 radical (unpaired) electrons. The Balaban J connectivity index is 1.42. The average molecular weight is 358 g/mol. The molecule has 0 unspecified atom stereocenters. The lowest BCUT2D eigenvalue weighted by molar-refractivity contribution is -0.181. The summed E-state index contributed by atoms with van der Waals surface area (Å²) in [6.45, 7) is 2.34. The van der Waals surface area contributed by atoms with Gasteiger partial charge in [0.15, 0.2) is 5.79 Å². The molecule has 4 rings (SSSR count). The maximum Gasteiger partial charge on any atom is 0.272 e. The number of amides is 1. The minimum absolute atomic E-state index is 0.151. The lowest BCUT2D eigenvalue weighted by Gasteiger charge is -2.37. The zero-order valence-electron chi connectivity index (χ0n) is 14.2. The Bertz CT molecular complexity index is 783. The van der Waals surface area contributed by atoms with Crippen LogP contribution in [0.3, 0.4) is 0 Å². The van der Waals surface area contributed by atoms with E-state index in [0.717, 1.165) is 0 Å². The van der Waals surface area contributed by atoms with E-state index < -0.39 is 5.79 Å². The quantitative estimate of drug-likeness (QED) is 0.908. The predicted octanol–water partition coefficient (Wildman–Crippen LogP) is 2.34. The molecule has 7 nitrogen and oxygen atoms in total. The van der Waals surface area contributed by atoms with E-state index in [2.05, 4.69) is 15.3 Å². The van der Waals surface area contributed by atoms with Gasteiger partial charge >= 0.3 is 0 Å². The number of piperidine rings is 1. The van der Waals surface area contributed by atoms with Crippen molar-refractivity contribution in [1.82, 2.24) is 14.9 Å². The first-order chi connectivity index (χ1) is 12.6. The molecule has 2 aromatic rings. The van der Waals surface area contributed by atoms with E-state index in [-0.39, 0.29) is 11.7 Å². The topological polar surface area (TPSA) is 76.6 Å². The lowest BCUT2D eigenvalue weighted by atomic mass is 10.0.